The standard InChI is InChI=1S/C12H14N6S/c1-18-7-9(16-17-18)5-11(15-13)8-4-12-10(14-6-8)2-3-19-12/h2-4,6-7,11,15H,5,13H2,1H3. The van der Waals surface area contributed by atoms with E-state index in [0.717, 1.165) is 21.5 Å². The van der Waals surface area contributed by atoms with Gasteiger partial charge in [-0.1, -0.05) is 5.21 Å². The minimum Gasteiger partial charge on any atom is -0.271 e. The van der Waals surface area contributed by atoms with Crippen LogP contribution in [-0.4, -0.2) is 20.0 Å². The quantitative estimate of drug-likeness (QED) is 0.551. The Bertz CT molecular complexity index is 688. The summed E-state index contributed by atoms with van der Waals surface area (Å²) in [6.45, 7) is 0. The van der Waals surface area contributed by atoms with Gasteiger partial charge in [0.2, 0.25) is 0 Å². The Labute approximate surface area is 114 Å². The summed E-state index contributed by atoms with van der Waals surface area (Å²) in [4.78, 5) is 4.43. The number of thiophene rings is 1. The van der Waals surface area contributed by atoms with Gasteiger partial charge in [-0.25, -0.2) is 0 Å². The summed E-state index contributed by atoms with van der Waals surface area (Å²) in [6.07, 6.45) is 4.43. The van der Waals surface area contributed by atoms with Crippen LogP contribution in [0.1, 0.15) is 17.3 Å². The first-order valence-electron chi connectivity index (χ1n) is 5.91. The van der Waals surface area contributed by atoms with E-state index in [1.54, 1.807) is 16.0 Å². The lowest BCUT2D eigenvalue weighted by Gasteiger charge is -2.14. The van der Waals surface area contributed by atoms with E-state index < -0.39 is 0 Å². The number of rotatable bonds is 4. The molecule has 1 unspecified atom stereocenters. The van der Waals surface area contributed by atoms with E-state index in [2.05, 4.69) is 26.8 Å². The van der Waals surface area contributed by atoms with Crippen LogP contribution in [0.5, 0.6) is 0 Å². The maximum atomic E-state index is 5.65. The number of hydrazine groups is 1. The van der Waals surface area contributed by atoms with Crippen molar-refractivity contribution >= 4 is 21.6 Å². The first-order chi connectivity index (χ1) is 9.26. The predicted octanol–water partition coefficient (Wildman–Crippen LogP) is 1.17. The highest BCUT2D eigenvalue weighted by Crippen LogP contribution is 2.23. The predicted molar refractivity (Wildman–Crippen MR) is 74.4 cm³/mol. The van der Waals surface area contributed by atoms with Crippen LogP contribution in [-0.2, 0) is 13.5 Å². The number of nitrogens with zero attached hydrogens (tertiary/aromatic N) is 4. The highest BCUT2D eigenvalue weighted by Gasteiger charge is 2.14. The lowest BCUT2D eigenvalue weighted by molar-refractivity contribution is 0.544. The normalized spacial score (nSPS) is 12.9. The summed E-state index contributed by atoms with van der Waals surface area (Å²) in [5.74, 6) is 5.65. The maximum Gasteiger partial charge on any atom is 0.0846 e. The van der Waals surface area contributed by atoms with Crippen LogP contribution < -0.4 is 11.3 Å². The smallest absolute Gasteiger partial charge is 0.0846 e. The molecule has 0 aromatic carbocycles. The Kier molecular flexibility index (Phi) is 3.24. The van der Waals surface area contributed by atoms with Gasteiger partial charge in [0.05, 0.1) is 22.0 Å². The van der Waals surface area contributed by atoms with Crippen LogP contribution >= 0.6 is 11.3 Å². The molecule has 3 aromatic heterocycles. The Balaban J connectivity index is 1.88. The van der Waals surface area contributed by atoms with Crippen molar-refractivity contribution in [2.24, 2.45) is 12.9 Å². The summed E-state index contributed by atoms with van der Waals surface area (Å²) < 4.78 is 2.85. The van der Waals surface area contributed by atoms with Crippen LogP contribution in [0.4, 0.5) is 0 Å². The fourth-order valence-corrected chi connectivity index (χ4v) is 2.81. The summed E-state index contributed by atoms with van der Waals surface area (Å²) in [5.41, 5.74) is 5.80. The van der Waals surface area contributed by atoms with Gasteiger partial charge in [-0.2, -0.15) is 0 Å². The SMILES string of the molecule is Cn1cc(CC(NN)c2cnc3ccsc3c2)nn1. The molecule has 1 atom stereocenters. The summed E-state index contributed by atoms with van der Waals surface area (Å²) in [6, 6.07) is 4.11. The van der Waals surface area contributed by atoms with Gasteiger partial charge in [0.25, 0.3) is 0 Å². The summed E-state index contributed by atoms with van der Waals surface area (Å²) >= 11 is 1.68. The van der Waals surface area contributed by atoms with E-state index in [1.807, 2.05) is 30.9 Å². The van der Waals surface area contributed by atoms with Crippen molar-refractivity contribution in [2.45, 2.75) is 12.5 Å². The molecule has 7 heteroatoms. The van der Waals surface area contributed by atoms with E-state index in [4.69, 9.17) is 5.84 Å². The fourth-order valence-electron chi connectivity index (χ4n) is 2.02. The van der Waals surface area contributed by atoms with Gasteiger partial charge >= 0.3 is 0 Å². The average molecular weight is 274 g/mol. The van der Waals surface area contributed by atoms with E-state index in [9.17, 15) is 0 Å². The van der Waals surface area contributed by atoms with Crippen LogP contribution in [0, 0.1) is 0 Å². The van der Waals surface area contributed by atoms with Crippen molar-refractivity contribution in [2.75, 3.05) is 0 Å². The number of nitrogens with two attached hydrogens (primary N) is 1. The highest BCUT2D eigenvalue weighted by atomic mass is 32.1. The minimum atomic E-state index is -0.0179. The molecule has 3 aromatic rings. The third-order valence-electron chi connectivity index (χ3n) is 2.99. The number of aromatic nitrogens is 4. The Hall–Kier alpha value is -1.83. The molecule has 0 spiro atoms. The first kappa shape index (κ1) is 12.2. The number of aryl methyl sites for hydroxylation is 1. The zero-order chi connectivity index (χ0) is 13.2. The van der Waals surface area contributed by atoms with Gasteiger partial charge in [-0.05, 0) is 23.1 Å². The molecule has 19 heavy (non-hydrogen) atoms. The van der Waals surface area contributed by atoms with E-state index in [0.29, 0.717) is 6.42 Å². The topological polar surface area (TPSA) is 81.7 Å². The van der Waals surface area contributed by atoms with Crippen molar-refractivity contribution in [1.29, 1.82) is 0 Å². The van der Waals surface area contributed by atoms with E-state index >= 15 is 0 Å². The van der Waals surface area contributed by atoms with Gasteiger partial charge < -0.3 is 0 Å². The second-order valence-corrected chi connectivity index (χ2v) is 5.33. The average Bonchev–Trinajstić information content (AvgIpc) is 3.03. The molecule has 3 heterocycles. The zero-order valence-corrected chi connectivity index (χ0v) is 11.3. The van der Waals surface area contributed by atoms with Gasteiger partial charge in [0.15, 0.2) is 0 Å². The van der Waals surface area contributed by atoms with Crippen LogP contribution in [0.25, 0.3) is 10.2 Å². The molecule has 0 saturated heterocycles. The van der Waals surface area contributed by atoms with Crippen molar-refractivity contribution in [3.8, 4) is 0 Å². The fraction of sp³-hybridized carbons (Fsp3) is 0.250. The van der Waals surface area contributed by atoms with Gasteiger partial charge in [0.1, 0.15) is 0 Å². The Morgan fingerprint density at radius 2 is 2.42 bits per heavy atom. The van der Waals surface area contributed by atoms with Gasteiger partial charge in [0, 0.05) is 25.9 Å². The van der Waals surface area contributed by atoms with Crippen molar-refractivity contribution in [3.63, 3.8) is 0 Å². The third kappa shape index (κ3) is 2.48. The minimum absolute atomic E-state index is 0.0179. The number of nitrogens with one attached hydrogen (secondary N) is 1. The molecule has 0 aliphatic carbocycles. The summed E-state index contributed by atoms with van der Waals surface area (Å²) in [7, 11) is 1.85. The molecule has 3 rings (SSSR count). The van der Waals surface area contributed by atoms with Crippen molar-refractivity contribution < 1.29 is 0 Å². The largest absolute Gasteiger partial charge is 0.271 e. The second-order valence-electron chi connectivity index (χ2n) is 4.38. The van der Waals surface area contributed by atoms with Crippen LogP contribution in [0.2, 0.25) is 0 Å². The first-order valence-corrected chi connectivity index (χ1v) is 6.78. The molecule has 0 aliphatic heterocycles. The highest BCUT2D eigenvalue weighted by molar-refractivity contribution is 7.17. The molecule has 0 aliphatic rings. The number of hydrogen-bond donors (Lipinski definition) is 2. The molecule has 3 N–H and O–H groups in total. The molecule has 0 fully saturated rings. The van der Waals surface area contributed by atoms with Gasteiger partial charge in [-0.15, -0.1) is 16.4 Å². The summed E-state index contributed by atoms with van der Waals surface area (Å²) in [5, 5.41) is 10.0. The molecule has 98 valence electrons. The van der Waals surface area contributed by atoms with E-state index in [1.165, 1.54) is 0 Å². The molecule has 0 radical (unpaired) electrons. The van der Waals surface area contributed by atoms with Gasteiger partial charge in [-0.3, -0.25) is 20.9 Å². The number of hydrogen-bond acceptors (Lipinski definition) is 6. The molecule has 0 bridgehead atoms. The molecule has 0 amide bonds. The van der Waals surface area contributed by atoms with Crippen molar-refractivity contribution in [1.82, 2.24) is 25.4 Å². The van der Waals surface area contributed by atoms with E-state index in [-0.39, 0.29) is 6.04 Å². The number of fused-ring (bicyclic) bond motifs is 1. The zero-order valence-electron chi connectivity index (χ0n) is 10.4. The molecule has 6 nitrogen and oxygen atoms in total. The lowest BCUT2D eigenvalue weighted by Crippen LogP contribution is -2.29. The maximum absolute atomic E-state index is 5.65. The molecule has 0 saturated carbocycles. The molecular weight excluding hydrogens is 260 g/mol. The third-order valence-corrected chi connectivity index (χ3v) is 3.84. The lowest BCUT2D eigenvalue weighted by atomic mass is 10.0. The van der Waals surface area contributed by atoms with Crippen LogP contribution in [0.3, 0.4) is 0 Å². The number of pyridine rings is 1. The monoisotopic (exact) mass is 274 g/mol. The van der Waals surface area contributed by atoms with Crippen molar-refractivity contribution in [3.05, 3.63) is 41.2 Å². The second kappa shape index (κ2) is 5.04. The molecular formula is C12H14N6S. The Morgan fingerprint density at radius 3 is 3.16 bits per heavy atom. The Morgan fingerprint density at radius 1 is 1.53 bits per heavy atom. The van der Waals surface area contributed by atoms with Crippen LogP contribution in [0.15, 0.2) is 29.9 Å².